The summed E-state index contributed by atoms with van der Waals surface area (Å²) in [4.78, 5) is 29.0. The molecule has 0 bridgehead atoms. The molecule has 1 atom stereocenters. The van der Waals surface area contributed by atoms with Crippen LogP contribution in [0.4, 0.5) is 0 Å². The molecule has 0 aliphatic rings. The molecule has 0 saturated heterocycles. The van der Waals surface area contributed by atoms with Gasteiger partial charge in [0.25, 0.3) is 5.91 Å². The number of carbonyl (C=O) groups is 2. The summed E-state index contributed by atoms with van der Waals surface area (Å²) in [7, 11) is 3.50. The Morgan fingerprint density at radius 2 is 1.94 bits per heavy atom. The van der Waals surface area contributed by atoms with Gasteiger partial charge in [-0.1, -0.05) is 41.9 Å². The van der Waals surface area contributed by atoms with Crippen molar-refractivity contribution < 1.29 is 19.4 Å². The number of carboxylic acids is 1. The second-order valence-corrected chi connectivity index (χ2v) is 8.00. The Bertz CT molecular complexity index is 1350. The molecule has 2 heterocycles. The molecule has 0 spiro atoms. The van der Waals surface area contributed by atoms with Gasteiger partial charge in [-0.2, -0.15) is 0 Å². The first-order valence-corrected chi connectivity index (χ1v) is 10.6. The maximum atomic E-state index is 13.1. The summed E-state index contributed by atoms with van der Waals surface area (Å²) < 4.78 is 7.48. The number of nitrogens with one attached hydrogen (secondary N) is 1. The van der Waals surface area contributed by atoms with E-state index in [2.05, 4.69) is 10.3 Å². The van der Waals surface area contributed by atoms with E-state index in [1.165, 1.54) is 0 Å². The van der Waals surface area contributed by atoms with E-state index in [4.69, 9.17) is 16.3 Å². The van der Waals surface area contributed by atoms with E-state index in [1.54, 1.807) is 43.5 Å². The number of amides is 1. The number of halogens is 1. The van der Waals surface area contributed by atoms with Crippen molar-refractivity contribution >= 4 is 34.4 Å². The van der Waals surface area contributed by atoms with Crippen LogP contribution >= 0.6 is 11.6 Å². The lowest BCUT2D eigenvalue weighted by Gasteiger charge is -2.19. The van der Waals surface area contributed by atoms with Gasteiger partial charge < -0.3 is 19.7 Å². The molecule has 0 radical (unpaired) electrons. The number of aryl methyl sites for hydroxylation is 1. The quantitative estimate of drug-likeness (QED) is 0.408. The molecule has 0 aliphatic heterocycles. The van der Waals surface area contributed by atoms with Crippen LogP contribution in [0.15, 0.2) is 66.9 Å². The highest BCUT2D eigenvalue weighted by molar-refractivity contribution is 6.31. The Labute approximate surface area is 195 Å². The summed E-state index contributed by atoms with van der Waals surface area (Å²) in [6.45, 7) is 0. The Balaban J connectivity index is 1.69. The van der Waals surface area contributed by atoms with E-state index < -0.39 is 17.9 Å². The Morgan fingerprint density at radius 3 is 2.67 bits per heavy atom. The van der Waals surface area contributed by atoms with Crippen LogP contribution in [0.1, 0.15) is 28.5 Å². The minimum atomic E-state index is -1.06. The molecule has 2 aromatic heterocycles. The second kappa shape index (κ2) is 9.34. The van der Waals surface area contributed by atoms with Crippen molar-refractivity contribution in [1.29, 1.82) is 0 Å². The van der Waals surface area contributed by atoms with E-state index in [9.17, 15) is 14.7 Å². The van der Waals surface area contributed by atoms with E-state index in [0.717, 1.165) is 16.5 Å². The topological polar surface area (TPSA) is 93.4 Å². The zero-order chi connectivity index (χ0) is 23.5. The number of ether oxygens (including phenoxy) is 1. The largest absolute Gasteiger partial charge is 0.494 e. The summed E-state index contributed by atoms with van der Waals surface area (Å²) in [6, 6.07) is 17.2. The molecular weight excluding hydrogens is 442 g/mol. The number of benzene rings is 2. The SMILES string of the molecule is COc1ccc(C(=O)N[C@@H](CC(=O)O)c2ccccc2Cl)nc1-c1ccc2ccn(C)c2c1. The maximum absolute atomic E-state index is 13.1. The number of aliphatic carboxylic acids is 1. The van der Waals surface area contributed by atoms with Crippen LogP contribution in [0.2, 0.25) is 5.02 Å². The molecule has 168 valence electrons. The van der Waals surface area contributed by atoms with Crippen molar-refractivity contribution in [2.45, 2.75) is 12.5 Å². The van der Waals surface area contributed by atoms with Crippen LogP contribution in [0.5, 0.6) is 5.75 Å². The lowest BCUT2D eigenvalue weighted by Crippen LogP contribution is -2.31. The van der Waals surface area contributed by atoms with Crippen LogP contribution in [0.25, 0.3) is 22.2 Å². The van der Waals surface area contributed by atoms with Crippen LogP contribution in [0.3, 0.4) is 0 Å². The van der Waals surface area contributed by atoms with E-state index in [-0.39, 0.29) is 12.1 Å². The average molecular weight is 464 g/mol. The van der Waals surface area contributed by atoms with Gasteiger partial charge in [0.2, 0.25) is 0 Å². The number of methoxy groups -OCH3 is 1. The van der Waals surface area contributed by atoms with Crippen LogP contribution in [-0.4, -0.2) is 33.6 Å². The van der Waals surface area contributed by atoms with Gasteiger partial charge in [0, 0.05) is 29.3 Å². The smallest absolute Gasteiger partial charge is 0.305 e. The average Bonchev–Trinajstić information content (AvgIpc) is 3.18. The van der Waals surface area contributed by atoms with Crippen molar-refractivity contribution in [3.63, 3.8) is 0 Å². The van der Waals surface area contributed by atoms with Crippen molar-refractivity contribution in [3.8, 4) is 17.0 Å². The van der Waals surface area contributed by atoms with Crippen molar-refractivity contribution in [3.05, 3.63) is 83.1 Å². The van der Waals surface area contributed by atoms with Gasteiger partial charge in [0.15, 0.2) is 0 Å². The van der Waals surface area contributed by atoms with Gasteiger partial charge >= 0.3 is 5.97 Å². The van der Waals surface area contributed by atoms with Crippen molar-refractivity contribution in [2.75, 3.05) is 7.11 Å². The van der Waals surface area contributed by atoms with Gasteiger partial charge in [0.05, 0.1) is 19.6 Å². The fourth-order valence-corrected chi connectivity index (χ4v) is 4.02. The minimum Gasteiger partial charge on any atom is -0.494 e. The first-order chi connectivity index (χ1) is 15.9. The molecule has 0 aliphatic carbocycles. The number of nitrogens with zero attached hydrogens (tertiary/aromatic N) is 2. The third-order valence-electron chi connectivity index (χ3n) is 5.44. The van der Waals surface area contributed by atoms with Gasteiger partial charge in [-0.15, -0.1) is 0 Å². The molecule has 4 rings (SSSR count). The van der Waals surface area contributed by atoms with Gasteiger partial charge in [-0.25, -0.2) is 4.98 Å². The fraction of sp³-hybridized carbons (Fsp3) is 0.160. The number of rotatable bonds is 7. The molecular formula is C25H22ClN3O4. The highest BCUT2D eigenvalue weighted by Crippen LogP contribution is 2.31. The summed E-state index contributed by atoms with van der Waals surface area (Å²) in [5.74, 6) is -1.04. The molecule has 4 aromatic rings. The van der Waals surface area contributed by atoms with Crippen molar-refractivity contribution in [1.82, 2.24) is 14.9 Å². The predicted molar refractivity (Wildman–Crippen MR) is 127 cm³/mol. The molecule has 0 unspecified atom stereocenters. The number of hydrogen-bond donors (Lipinski definition) is 2. The Hall–Kier alpha value is -3.84. The third-order valence-corrected chi connectivity index (χ3v) is 5.78. The second-order valence-electron chi connectivity index (χ2n) is 7.59. The number of hydrogen-bond acceptors (Lipinski definition) is 4. The highest BCUT2D eigenvalue weighted by atomic mass is 35.5. The van der Waals surface area contributed by atoms with Gasteiger partial charge in [0.1, 0.15) is 17.1 Å². The molecule has 0 fully saturated rings. The molecule has 2 aromatic carbocycles. The molecule has 33 heavy (non-hydrogen) atoms. The van der Waals surface area contributed by atoms with E-state index in [1.807, 2.05) is 42.1 Å². The molecule has 7 nitrogen and oxygen atoms in total. The van der Waals surface area contributed by atoms with Crippen LogP contribution in [0, 0.1) is 0 Å². The summed E-state index contributed by atoms with van der Waals surface area (Å²) in [6.07, 6.45) is 1.66. The normalized spacial score (nSPS) is 11.8. The lowest BCUT2D eigenvalue weighted by atomic mass is 10.0. The van der Waals surface area contributed by atoms with Gasteiger partial charge in [-0.05, 0) is 41.3 Å². The Kier molecular flexibility index (Phi) is 6.33. The van der Waals surface area contributed by atoms with E-state index >= 15 is 0 Å². The third kappa shape index (κ3) is 4.68. The zero-order valence-corrected chi connectivity index (χ0v) is 18.8. The first-order valence-electron chi connectivity index (χ1n) is 10.2. The minimum absolute atomic E-state index is 0.139. The maximum Gasteiger partial charge on any atom is 0.305 e. The highest BCUT2D eigenvalue weighted by Gasteiger charge is 2.22. The predicted octanol–water partition coefficient (Wildman–Crippen LogP) is 4.85. The number of pyridine rings is 1. The van der Waals surface area contributed by atoms with Crippen LogP contribution in [-0.2, 0) is 11.8 Å². The fourth-order valence-electron chi connectivity index (χ4n) is 3.76. The summed E-state index contributed by atoms with van der Waals surface area (Å²) >= 11 is 6.25. The molecule has 8 heteroatoms. The molecule has 1 amide bonds. The standard InChI is InChI=1S/C25H22ClN3O4/c1-29-12-11-15-7-8-16(13-21(15)29)24-22(33-2)10-9-19(27-24)25(32)28-20(14-23(30)31)17-5-3-4-6-18(17)26/h3-13,20H,14H2,1-2H3,(H,28,32)(H,30,31)/t20-/m0/s1. The zero-order valence-electron chi connectivity index (χ0n) is 18.1. The van der Waals surface area contributed by atoms with Gasteiger partial charge in [-0.3, -0.25) is 9.59 Å². The Morgan fingerprint density at radius 1 is 1.15 bits per heavy atom. The number of carbonyl (C=O) groups excluding carboxylic acids is 1. The number of carboxylic acid groups (broad SMARTS) is 1. The van der Waals surface area contributed by atoms with Crippen molar-refractivity contribution in [2.24, 2.45) is 7.05 Å². The molecule has 2 N–H and O–H groups in total. The summed E-state index contributed by atoms with van der Waals surface area (Å²) in [5, 5.41) is 13.6. The number of fused-ring (bicyclic) bond motifs is 1. The monoisotopic (exact) mass is 463 g/mol. The lowest BCUT2D eigenvalue weighted by molar-refractivity contribution is -0.137. The summed E-state index contributed by atoms with van der Waals surface area (Å²) in [5.41, 5.74) is 2.99. The van der Waals surface area contributed by atoms with E-state index in [0.29, 0.717) is 22.0 Å². The first kappa shape index (κ1) is 22.4. The molecule has 0 saturated carbocycles. The number of aromatic nitrogens is 2. The van der Waals surface area contributed by atoms with Crippen LogP contribution < -0.4 is 10.1 Å².